The summed E-state index contributed by atoms with van der Waals surface area (Å²) in [7, 11) is 0. The molecule has 0 saturated heterocycles. The molecule has 0 saturated carbocycles. The highest BCUT2D eigenvalue weighted by atomic mass is 79.9. The van der Waals surface area contributed by atoms with Gasteiger partial charge in [0.15, 0.2) is 5.78 Å². The van der Waals surface area contributed by atoms with Crippen molar-refractivity contribution in [2.24, 2.45) is 0 Å². The number of carbonyl (C=O) groups is 1. The van der Waals surface area contributed by atoms with E-state index in [1.54, 1.807) is 0 Å². The lowest BCUT2D eigenvalue weighted by atomic mass is 10.0. The van der Waals surface area contributed by atoms with E-state index in [0.29, 0.717) is 13.0 Å². The van der Waals surface area contributed by atoms with Gasteiger partial charge in [-0.2, -0.15) is 0 Å². The van der Waals surface area contributed by atoms with Gasteiger partial charge < -0.3 is 5.32 Å². The van der Waals surface area contributed by atoms with Gasteiger partial charge in [-0.3, -0.25) is 4.79 Å². The number of ketones is 1. The van der Waals surface area contributed by atoms with Crippen LogP contribution in [0.15, 0.2) is 53.0 Å². The van der Waals surface area contributed by atoms with E-state index in [-0.39, 0.29) is 5.78 Å². The standard InChI is InChI=1S/C20H24BrNO/c1-2-3-6-16-7-4-5-8-18(16)15-22-14-13-20(23)17-9-11-19(21)12-10-17/h4-5,7-12,22H,2-3,6,13-15H2,1H3. The molecule has 0 aliphatic carbocycles. The maximum absolute atomic E-state index is 12.1. The van der Waals surface area contributed by atoms with Crippen molar-refractivity contribution >= 4 is 21.7 Å². The summed E-state index contributed by atoms with van der Waals surface area (Å²) in [5, 5.41) is 3.40. The van der Waals surface area contributed by atoms with Crippen LogP contribution in [0.25, 0.3) is 0 Å². The minimum atomic E-state index is 0.185. The third-order valence-electron chi connectivity index (χ3n) is 3.93. The predicted octanol–water partition coefficient (Wildman–Crippen LogP) is 5.15. The van der Waals surface area contributed by atoms with E-state index >= 15 is 0 Å². The zero-order valence-corrected chi connectivity index (χ0v) is 15.2. The number of Topliss-reactive ketones (excluding diaryl/α,β-unsaturated/α-hetero) is 1. The maximum Gasteiger partial charge on any atom is 0.164 e. The van der Waals surface area contributed by atoms with Gasteiger partial charge in [0.05, 0.1) is 0 Å². The average molecular weight is 374 g/mol. The number of benzene rings is 2. The van der Waals surface area contributed by atoms with Crippen molar-refractivity contribution in [1.29, 1.82) is 0 Å². The van der Waals surface area contributed by atoms with Gasteiger partial charge >= 0.3 is 0 Å². The van der Waals surface area contributed by atoms with Crippen molar-refractivity contribution in [2.75, 3.05) is 6.54 Å². The number of hydrogen-bond acceptors (Lipinski definition) is 2. The average Bonchev–Trinajstić information content (AvgIpc) is 2.58. The van der Waals surface area contributed by atoms with E-state index in [4.69, 9.17) is 0 Å². The third kappa shape index (κ3) is 5.92. The highest BCUT2D eigenvalue weighted by Gasteiger charge is 2.06. The first-order chi connectivity index (χ1) is 11.2. The molecule has 0 atom stereocenters. The molecule has 0 amide bonds. The van der Waals surface area contributed by atoms with Crippen molar-refractivity contribution in [3.8, 4) is 0 Å². The quantitative estimate of drug-likeness (QED) is 0.486. The SMILES string of the molecule is CCCCc1ccccc1CNCCC(=O)c1ccc(Br)cc1. The molecule has 0 bridgehead atoms. The van der Waals surface area contributed by atoms with Crippen LogP contribution in [0.4, 0.5) is 0 Å². The normalized spacial score (nSPS) is 10.7. The molecule has 1 N–H and O–H groups in total. The molecule has 0 aliphatic rings. The topological polar surface area (TPSA) is 29.1 Å². The molecule has 23 heavy (non-hydrogen) atoms. The second-order valence-corrected chi connectivity index (χ2v) is 6.64. The number of unbranched alkanes of at least 4 members (excludes halogenated alkanes) is 1. The summed E-state index contributed by atoms with van der Waals surface area (Å²) in [6, 6.07) is 16.1. The summed E-state index contributed by atoms with van der Waals surface area (Å²) in [5.74, 6) is 0.185. The fraction of sp³-hybridized carbons (Fsp3) is 0.350. The van der Waals surface area contributed by atoms with Crippen molar-refractivity contribution in [3.05, 3.63) is 69.7 Å². The Labute approximate surface area is 147 Å². The molecule has 0 unspecified atom stereocenters. The van der Waals surface area contributed by atoms with Gasteiger partial charge in [0.1, 0.15) is 0 Å². The van der Waals surface area contributed by atoms with Crippen LogP contribution in [0.2, 0.25) is 0 Å². The van der Waals surface area contributed by atoms with Crippen LogP contribution >= 0.6 is 15.9 Å². The highest BCUT2D eigenvalue weighted by molar-refractivity contribution is 9.10. The third-order valence-corrected chi connectivity index (χ3v) is 4.46. The van der Waals surface area contributed by atoms with Gasteiger partial charge in [-0.25, -0.2) is 0 Å². The van der Waals surface area contributed by atoms with E-state index in [9.17, 15) is 4.79 Å². The lowest BCUT2D eigenvalue weighted by molar-refractivity contribution is 0.0982. The number of nitrogens with one attached hydrogen (secondary N) is 1. The van der Waals surface area contributed by atoms with E-state index < -0.39 is 0 Å². The Morgan fingerprint density at radius 1 is 1.04 bits per heavy atom. The lowest BCUT2D eigenvalue weighted by Crippen LogP contribution is -2.18. The number of aryl methyl sites for hydroxylation is 1. The van der Waals surface area contributed by atoms with E-state index in [2.05, 4.69) is 52.4 Å². The second kappa shape index (κ2) is 9.64. The summed E-state index contributed by atoms with van der Waals surface area (Å²) in [5.41, 5.74) is 3.54. The Bertz CT molecular complexity index is 622. The molecule has 0 spiro atoms. The van der Waals surface area contributed by atoms with Gasteiger partial charge in [0.2, 0.25) is 0 Å². The second-order valence-electron chi connectivity index (χ2n) is 5.73. The number of carbonyl (C=O) groups excluding carboxylic acids is 1. The molecule has 122 valence electrons. The van der Waals surface area contributed by atoms with Gasteiger partial charge in [0.25, 0.3) is 0 Å². The first-order valence-electron chi connectivity index (χ1n) is 8.27. The Kier molecular flexibility index (Phi) is 7.50. The zero-order chi connectivity index (χ0) is 16.5. The smallest absolute Gasteiger partial charge is 0.164 e. The number of halogens is 1. The molecule has 0 aliphatic heterocycles. The van der Waals surface area contributed by atoms with Crippen molar-refractivity contribution in [3.63, 3.8) is 0 Å². The summed E-state index contributed by atoms with van der Waals surface area (Å²) in [6.45, 7) is 3.75. The van der Waals surface area contributed by atoms with Gasteiger partial charge in [-0.1, -0.05) is 65.7 Å². The fourth-order valence-electron chi connectivity index (χ4n) is 2.55. The minimum absolute atomic E-state index is 0.185. The summed E-state index contributed by atoms with van der Waals surface area (Å²) >= 11 is 3.39. The van der Waals surface area contributed by atoms with E-state index in [1.165, 1.54) is 24.0 Å². The van der Waals surface area contributed by atoms with Crippen LogP contribution in [-0.2, 0) is 13.0 Å². The zero-order valence-electron chi connectivity index (χ0n) is 13.6. The summed E-state index contributed by atoms with van der Waals surface area (Å²) < 4.78 is 0.996. The Morgan fingerprint density at radius 2 is 1.74 bits per heavy atom. The summed E-state index contributed by atoms with van der Waals surface area (Å²) in [4.78, 5) is 12.1. The first-order valence-corrected chi connectivity index (χ1v) is 9.06. The van der Waals surface area contributed by atoms with Gasteiger partial charge in [-0.05, 0) is 36.1 Å². The van der Waals surface area contributed by atoms with E-state index in [1.807, 2.05) is 24.3 Å². The molecule has 2 nitrogen and oxygen atoms in total. The minimum Gasteiger partial charge on any atom is -0.312 e. The van der Waals surface area contributed by atoms with Crippen molar-refractivity contribution < 1.29 is 4.79 Å². The molecule has 0 aromatic heterocycles. The molecule has 2 rings (SSSR count). The first kappa shape index (κ1) is 17.9. The molecule has 0 radical (unpaired) electrons. The van der Waals surface area contributed by atoms with Crippen LogP contribution in [0.3, 0.4) is 0 Å². The Balaban J connectivity index is 1.79. The van der Waals surface area contributed by atoms with E-state index in [0.717, 1.165) is 23.0 Å². The van der Waals surface area contributed by atoms with Crippen LogP contribution in [0.1, 0.15) is 47.7 Å². The lowest BCUT2D eigenvalue weighted by Gasteiger charge is -2.10. The van der Waals surface area contributed by atoms with Crippen LogP contribution in [0, 0.1) is 0 Å². The van der Waals surface area contributed by atoms with Crippen LogP contribution in [-0.4, -0.2) is 12.3 Å². The van der Waals surface area contributed by atoms with Crippen LogP contribution in [0.5, 0.6) is 0 Å². The van der Waals surface area contributed by atoms with Crippen molar-refractivity contribution in [2.45, 2.75) is 39.2 Å². The molecule has 3 heteroatoms. The largest absolute Gasteiger partial charge is 0.312 e. The van der Waals surface area contributed by atoms with Gasteiger partial charge in [-0.15, -0.1) is 0 Å². The fourth-order valence-corrected chi connectivity index (χ4v) is 2.81. The Morgan fingerprint density at radius 3 is 2.43 bits per heavy atom. The Hall–Kier alpha value is -1.45. The molecular formula is C20H24BrNO. The van der Waals surface area contributed by atoms with Crippen LogP contribution < -0.4 is 5.32 Å². The molecular weight excluding hydrogens is 350 g/mol. The molecule has 0 heterocycles. The predicted molar refractivity (Wildman–Crippen MR) is 99.9 cm³/mol. The molecule has 2 aromatic rings. The molecule has 0 fully saturated rings. The number of rotatable bonds is 9. The van der Waals surface area contributed by atoms with Crippen molar-refractivity contribution in [1.82, 2.24) is 5.32 Å². The maximum atomic E-state index is 12.1. The number of hydrogen-bond donors (Lipinski definition) is 1. The summed E-state index contributed by atoms with van der Waals surface area (Å²) in [6.07, 6.45) is 4.09. The van der Waals surface area contributed by atoms with Gasteiger partial charge in [0, 0.05) is 29.5 Å². The highest BCUT2D eigenvalue weighted by Crippen LogP contribution is 2.13. The molecule has 2 aromatic carbocycles. The monoisotopic (exact) mass is 373 g/mol.